The zero-order valence-electron chi connectivity index (χ0n) is 11.6. The van der Waals surface area contributed by atoms with Gasteiger partial charge in [0.15, 0.2) is 0 Å². The first-order valence-electron chi connectivity index (χ1n) is 6.87. The number of amides is 1. The number of carbonyl (C=O) groups is 1. The van der Waals surface area contributed by atoms with Crippen molar-refractivity contribution in [2.45, 2.75) is 38.2 Å². The maximum atomic E-state index is 13.1. The van der Waals surface area contributed by atoms with Gasteiger partial charge < -0.3 is 0 Å². The minimum atomic E-state index is -2.59. The van der Waals surface area contributed by atoms with Crippen LogP contribution in [0, 0.1) is 24.2 Å². The molecule has 1 aromatic rings. The van der Waals surface area contributed by atoms with Crippen molar-refractivity contribution in [2.75, 3.05) is 5.01 Å². The summed E-state index contributed by atoms with van der Waals surface area (Å²) in [6.07, 6.45) is -0.101. The summed E-state index contributed by atoms with van der Waals surface area (Å²) in [4.78, 5) is 11.7. The molecule has 2 aliphatic rings. The number of alkyl halides is 2. The lowest BCUT2D eigenvalue weighted by molar-refractivity contribution is -0.123. The topological polar surface area (TPSA) is 56.1 Å². The van der Waals surface area contributed by atoms with Gasteiger partial charge in [0.1, 0.15) is 0 Å². The number of hydrazine groups is 1. The molecular formula is C15H15F2N3O. The van der Waals surface area contributed by atoms with Gasteiger partial charge in [0.25, 0.3) is 0 Å². The van der Waals surface area contributed by atoms with Crippen LogP contribution in [0.25, 0.3) is 0 Å². The molecule has 21 heavy (non-hydrogen) atoms. The fourth-order valence-corrected chi connectivity index (χ4v) is 3.08. The molecule has 6 heteroatoms. The van der Waals surface area contributed by atoms with E-state index >= 15 is 0 Å². The Morgan fingerprint density at radius 3 is 2.71 bits per heavy atom. The van der Waals surface area contributed by atoms with E-state index in [4.69, 9.17) is 5.26 Å². The average Bonchev–Trinajstić information content (AvgIpc) is 2.77. The van der Waals surface area contributed by atoms with Crippen LogP contribution in [-0.2, 0) is 4.79 Å². The second-order valence-corrected chi connectivity index (χ2v) is 5.81. The number of anilines is 1. The SMILES string of the molecule is Cc1cc(N2NC(=O)CC2C2CC(F)(F)C2)ccc1C#N. The van der Waals surface area contributed by atoms with E-state index in [1.807, 2.05) is 6.92 Å². The summed E-state index contributed by atoms with van der Waals surface area (Å²) in [6.45, 7) is 1.81. The zero-order valence-corrected chi connectivity index (χ0v) is 11.6. The molecule has 1 saturated heterocycles. The Labute approximate surface area is 121 Å². The van der Waals surface area contributed by atoms with Crippen molar-refractivity contribution in [3.63, 3.8) is 0 Å². The van der Waals surface area contributed by atoms with Crippen LogP contribution in [0.15, 0.2) is 18.2 Å². The van der Waals surface area contributed by atoms with Gasteiger partial charge >= 0.3 is 0 Å². The Morgan fingerprint density at radius 1 is 1.43 bits per heavy atom. The summed E-state index contributed by atoms with van der Waals surface area (Å²) in [6, 6.07) is 7.06. The molecule has 0 bridgehead atoms. The molecule has 1 heterocycles. The summed E-state index contributed by atoms with van der Waals surface area (Å²) in [5.74, 6) is -2.94. The zero-order chi connectivity index (χ0) is 15.2. The first-order valence-corrected chi connectivity index (χ1v) is 6.87. The predicted octanol–water partition coefficient (Wildman–Crippen LogP) is 2.52. The summed E-state index contributed by atoms with van der Waals surface area (Å²) < 4.78 is 26.1. The van der Waals surface area contributed by atoms with Crippen molar-refractivity contribution >= 4 is 11.6 Å². The molecule has 3 rings (SSSR count). The van der Waals surface area contributed by atoms with Crippen LogP contribution in [0.2, 0.25) is 0 Å². The molecule has 0 radical (unpaired) electrons. The van der Waals surface area contributed by atoms with Crippen LogP contribution in [0.3, 0.4) is 0 Å². The molecule has 110 valence electrons. The number of aryl methyl sites for hydroxylation is 1. The van der Waals surface area contributed by atoms with E-state index in [2.05, 4.69) is 11.5 Å². The van der Waals surface area contributed by atoms with Crippen molar-refractivity contribution in [1.82, 2.24) is 5.43 Å². The molecule has 1 atom stereocenters. The quantitative estimate of drug-likeness (QED) is 0.911. The number of rotatable bonds is 2. The van der Waals surface area contributed by atoms with Crippen LogP contribution < -0.4 is 10.4 Å². The van der Waals surface area contributed by atoms with Crippen molar-refractivity contribution in [1.29, 1.82) is 5.26 Å². The maximum absolute atomic E-state index is 13.1. The van der Waals surface area contributed by atoms with Crippen molar-refractivity contribution < 1.29 is 13.6 Å². The third kappa shape index (κ3) is 2.44. The Balaban J connectivity index is 1.84. The number of nitrogens with one attached hydrogen (secondary N) is 1. The highest BCUT2D eigenvalue weighted by Crippen LogP contribution is 2.47. The third-order valence-electron chi connectivity index (χ3n) is 4.25. The number of nitrogens with zero attached hydrogens (tertiary/aromatic N) is 2. The first kappa shape index (κ1) is 13.8. The second-order valence-electron chi connectivity index (χ2n) is 5.81. The molecular weight excluding hydrogens is 276 g/mol. The maximum Gasteiger partial charge on any atom is 0.248 e. The van der Waals surface area contributed by atoms with Gasteiger partial charge in [0, 0.05) is 12.8 Å². The minimum absolute atomic E-state index is 0.155. The van der Waals surface area contributed by atoms with Gasteiger partial charge in [-0.25, -0.2) is 8.78 Å². The highest BCUT2D eigenvalue weighted by molar-refractivity contribution is 5.83. The van der Waals surface area contributed by atoms with E-state index in [1.165, 1.54) is 0 Å². The molecule has 1 aliphatic carbocycles. The molecule has 0 spiro atoms. The number of benzene rings is 1. The Bertz CT molecular complexity index is 630. The van der Waals surface area contributed by atoms with Crippen LogP contribution in [0.1, 0.15) is 30.4 Å². The van der Waals surface area contributed by atoms with Crippen molar-refractivity contribution in [2.24, 2.45) is 5.92 Å². The van der Waals surface area contributed by atoms with Crippen molar-refractivity contribution in [3.8, 4) is 6.07 Å². The van der Waals surface area contributed by atoms with Crippen molar-refractivity contribution in [3.05, 3.63) is 29.3 Å². The van der Waals surface area contributed by atoms with Crippen LogP contribution in [0.5, 0.6) is 0 Å². The average molecular weight is 291 g/mol. The molecule has 1 saturated carbocycles. The molecule has 1 N–H and O–H groups in total. The van der Waals surface area contributed by atoms with Crippen LogP contribution in [-0.4, -0.2) is 17.9 Å². The van der Waals surface area contributed by atoms with E-state index in [0.29, 0.717) is 5.56 Å². The number of nitriles is 1. The van der Waals surface area contributed by atoms with Crippen LogP contribution in [0.4, 0.5) is 14.5 Å². The highest BCUT2D eigenvalue weighted by atomic mass is 19.3. The number of hydrogen-bond acceptors (Lipinski definition) is 3. The molecule has 1 amide bonds. The number of halogens is 2. The van der Waals surface area contributed by atoms with E-state index < -0.39 is 5.92 Å². The van der Waals surface area contributed by atoms with Gasteiger partial charge in [-0.3, -0.25) is 15.2 Å². The molecule has 1 unspecified atom stereocenters. The highest BCUT2D eigenvalue weighted by Gasteiger charge is 2.52. The predicted molar refractivity (Wildman–Crippen MR) is 72.6 cm³/mol. The Morgan fingerprint density at radius 2 is 2.14 bits per heavy atom. The van der Waals surface area contributed by atoms with E-state index in [9.17, 15) is 13.6 Å². The molecule has 1 aromatic carbocycles. The summed E-state index contributed by atoms with van der Waals surface area (Å²) in [5.41, 5.74) is 4.83. The molecule has 1 aliphatic heterocycles. The Hall–Kier alpha value is -2.16. The van der Waals surface area contributed by atoms with Crippen LogP contribution >= 0.6 is 0 Å². The third-order valence-corrected chi connectivity index (χ3v) is 4.25. The standard InChI is InChI=1S/C15H15F2N3O/c1-9-4-12(3-2-10(9)8-18)20-13(5-14(21)19-20)11-6-15(16,17)7-11/h2-4,11,13H,5-7H2,1H3,(H,19,21). The summed E-state index contributed by atoms with van der Waals surface area (Å²) >= 11 is 0. The lowest BCUT2D eigenvalue weighted by Crippen LogP contribution is -2.49. The molecule has 0 aromatic heterocycles. The lowest BCUT2D eigenvalue weighted by atomic mass is 9.75. The van der Waals surface area contributed by atoms with Gasteiger partial charge in [-0.15, -0.1) is 0 Å². The van der Waals surface area contributed by atoms with Gasteiger partial charge in [-0.1, -0.05) is 0 Å². The Kier molecular flexibility index (Phi) is 3.08. The fourth-order valence-electron chi connectivity index (χ4n) is 3.08. The normalized spacial score (nSPS) is 24.4. The summed E-state index contributed by atoms with van der Waals surface area (Å²) in [7, 11) is 0. The monoisotopic (exact) mass is 291 g/mol. The van der Waals surface area contributed by atoms with E-state index in [-0.39, 0.29) is 37.1 Å². The first-order chi connectivity index (χ1) is 9.89. The van der Waals surface area contributed by atoms with Gasteiger partial charge in [-0.05, 0) is 36.6 Å². The molecule has 2 fully saturated rings. The van der Waals surface area contributed by atoms with Gasteiger partial charge in [0.2, 0.25) is 11.8 Å². The number of hydrogen-bond donors (Lipinski definition) is 1. The van der Waals surface area contributed by atoms with Gasteiger partial charge in [0.05, 0.1) is 29.8 Å². The largest absolute Gasteiger partial charge is 0.282 e. The van der Waals surface area contributed by atoms with E-state index in [1.54, 1.807) is 23.2 Å². The lowest BCUT2D eigenvalue weighted by Gasteiger charge is -2.41. The second kappa shape index (κ2) is 4.69. The number of carbonyl (C=O) groups excluding carboxylic acids is 1. The van der Waals surface area contributed by atoms with E-state index in [0.717, 1.165) is 11.3 Å². The smallest absolute Gasteiger partial charge is 0.248 e. The minimum Gasteiger partial charge on any atom is -0.282 e. The summed E-state index contributed by atoms with van der Waals surface area (Å²) in [5, 5.41) is 10.6. The molecule has 4 nitrogen and oxygen atoms in total. The van der Waals surface area contributed by atoms with Gasteiger partial charge in [-0.2, -0.15) is 5.26 Å². The fraction of sp³-hybridized carbons (Fsp3) is 0.467.